The third kappa shape index (κ3) is 6.00. The van der Waals surface area contributed by atoms with E-state index in [0.717, 1.165) is 34.7 Å². The molecule has 2 fully saturated rings. The SMILES string of the molecule is CNC(=O)C1CCCCC1C(=O)N1CCc2cccc(OC3CCN(C(=O)c4sc(C)nc4C)C3)c2[C@H]1CN1C(=O)c2ccccc2C1=O. The van der Waals surface area contributed by atoms with Gasteiger partial charge in [0, 0.05) is 44.0 Å². The van der Waals surface area contributed by atoms with Gasteiger partial charge in [-0.1, -0.05) is 37.1 Å². The zero-order chi connectivity index (χ0) is 34.4. The van der Waals surface area contributed by atoms with Crippen molar-refractivity contribution in [2.24, 2.45) is 11.8 Å². The normalized spacial score (nSPS) is 23.4. The second-order valence-corrected chi connectivity index (χ2v) is 14.6. The van der Waals surface area contributed by atoms with Crippen LogP contribution in [-0.2, 0) is 16.0 Å². The average molecular weight is 684 g/mol. The quantitative estimate of drug-likeness (QED) is 0.367. The van der Waals surface area contributed by atoms with Gasteiger partial charge in [-0.3, -0.25) is 28.9 Å². The van der Waals surface area contributed by atoms with Gasteiger partial charge in [0.1, 0.15) is 16.7 Å². The standard InChI is InChI=1S/C37H41N5O6S/c1-21-32(49-22(2)39-21)37(47)40-17-16-24(19-40)48-30-14-8-9-23-15-18-41(34(44)26-11-5-4-10-25(26)33(43)38-3)29(31(23)30)20-42-35(45)27-12-6-7-13-28(27)36(42)46/h6-9,12-14,24-26,29H,4-5,10-11,15-20H2,1-3H3,(H,38,43)/t24?,25?,26?,29-/m1/s1. The molecule has 1 aliphatic carbocycles. The third-order valence-electron chi connectivity index (χ3n) is 10.5. The zero-order valence-electron chi connectivity index (χ0n) is 28.1. The monoisotopic (exact) mass is 683 g/mol. The molecule has 0 bridgehead atoms. The number of nitrogens with one attached hydrogen (secondary N) is 1. The van der Waals surface area contributed by atoms with Gasteiger partial charge in [0.05, 0.1) is 41.0 Å². The van der Waals surface area contributed by atoms with Crippen LogP contribution in [0.1, 0.15) is 90.4 Å². The fourth-order valence-corrected chi connectivity index (χ4v) is 8.96. The lowest BCUT2D eigenvalue weighted by Crippen LogP contribution is -2.51. The Morgan fingerprint density at radius 3 is 2.33 bits per heavy atom. The topological polar surface area (TPSA) is 129 Å². The van der Waals surface area contributed by atoms with E-state index in [1.165, 1.54) is 16.2 Å². The molecular formula is C37H41N5O6S. The highest BCUT2D eigenvalue weighted by Gasteiger charge is 2.45. The van der Waals surface area contributed by atoms with E-state index in [1.54, 1.807) is 41.1 Å². The maximum atomic E-state index is 14.6. The lowest BCUT2D eigenvalue weighted by Gasteiger charge is -2.43. The highest BCUT2D eigenvalue weighted by Crippen LogP contribution is 2.42. The number of imide groups is 1. The number of thiazole rings is 1. The minimum absolute atomic E-state index is 0.0396. The number of rotatable bonds is 7. The molecule has 0 spiro atoms. The number of fused-ring (bicyclic) bond motifs is 2. The molecule has 4 atom stereocenters. The molecule has 3 unspecified atom stereocenters. The van der Waals surface area contributed by atoms with Crippen molar-refractivity contribution in [3.63, 3.8) is 0 Å². The van der Waals surface area contributed by atoms with E-state index in [-0.39, 0.29) is 30.4 Å². The molecule has 1 aromatic heterocycles. The number of likely N-dealkylation sites (tertiary alicyclic amines) is 1. The van der Waals surface area contributed by atoms with Crippen LogP contribution in [0.5, 0.6) is 5.75 Å². The Hall–Kier alpha value is -4.58. The molecule has 4 aliphatic rings. The van der Waals surface area contributed by atoms with Crippen molar-refractivity contribution in [2.75, 3.05) is 33.2 Å². The van der Waals surface area contributed by atoms with E-state index in [0.29, 0.717) is 67.1 Å². The van der Waals surface area contributed by atoms with E-state index in [4.69, 9.17) is 4.74 Å². The molecule has 1 saturated carbocycles. The Bertz CT molecular complexity index is 1800. The molecule has 1 saturated heterocycles. The van der Waals surface area contributed by atoms with Crippen LogP contribution in [0.3, 0.4) is 0 Å². The molecule has 11 nitrogen and oxygen atoms in total. The van der Waals surface area contributed by atoms with Crippen LogP contribution < -0.4 is 10.1 Å². The number of ether oxygens (including phenoxy) is 1. The number of benzene rings is 2. The van der Waals surface area contributed by atoms with Crippen LogP contribution in [0, 0.1) is 25.7 Å². The fraction of sp³-hybridized carbons (Fsp3) is 0.459. The molecule has 12 heteroatoms. The first-order valence-corrected chi connectivity index (χ1v) is 18.0. The van der Waals surface area contributed by atoms with Gasteiger partial charge in [0.25, 0.3) is 17.7 Å². The van der Waals surface area contributed by atoms with Crippen LogP contribution in [0.15, 0.2) is 42.5 Å². The minimum Gasteiger partial charge on any atom is -0.488 e. The molecule has 5 amide bonds. The van der Waals surface area contributed by atoms with E-state index in [9.17, 15) is 24.0 Å². The number of carbonyl (C=O) groups excluding carboxylic acids is 5. The van der Waals surface area contributed by atoms with Crippen molar-refractivity contribution in [1.82, 2.24) is 25.0 Å². The maximum absolute atomic E-state index is 14.6. The Morgan fingerprint density at radius 1 is 0.939 bits per heavy atom. The fourth-order valence-electron chi connectivity index (χ4n) is 8.07. The van der Waals surface area contributed by atoms with Gasteiger partial charge in [-0.25, -0.2) is 4.98 Å². The van der Waals surface area contributed by atoms with Crippen LogP contribution in [0.2, 0.25) is 0 Å². The molecule has 3 aliphatic heterocycles. The first-order chi connectivity index (χ1) is 23.7. The summed E-state index contributed by atoms with van der Waals surface area (Å²) in [5, 5.41) is 3.60. The number of hydrogen-bond acceptors (Lipinski definition) is 8. The summed E-state index contributed by atoms with van der Waals surface area (Å²) in [5.74, 6) is -1.47. The molecule has 1 N–H and O–H groups in total. The third-order valence-corrected chi connectivity index (χ3v) is 11.6. The molecule has 256 valence electrons. The zero-order valence-corrected chi connectivity index (χ0v) is 28.9. The minimum atomic E-state index is -0.677. The van der Waals surface area contributed by atoms with Gasteiger partial charge in [0.15, 0.2) is 0 Å². The van der Waals surface area contributed by atoms with Gasteiger partial charge >= 0.3 is 0 Å². The second-order valence-electron chi connectivity index (χ2n) is 13.4. The van der Waals surface area contributed by atoms with Gasteiger partial charge in [-0.15, -0.1) is 11.3 Å². The first-order valence-electron chi connectivity index (χ1n) is 17.1. The highest BCUT2D eigenvalue weighted by atomic mass is 32.1. The number of hydrogen-bond donors (Lipinski definition) is 1. The first kappa shape index (κ1) is 32.9. The van der Waals surface area contributed by atoms with Crippen molar-refractivity contribution in [2.45, 2.75) is 64.5 Å². The largest absolute Gasteiger partial charge is 0.488 e. The predicted molar refractivity (Wildman–Crippen MR) is 182 cm³/mol. The summed E-state index contributed by atoms with van der Waals surface area (Å²) < 4.78 is 6.69. The summed E-state index contributed by atoms with van der Waals surface area (Å²) in [7, 11) is 1.60. The summed E-state index contributed by atoms with van der Waals surface area (Å²) in [6.07, 6.45) is 3.87. The van der Waals surface area contributed by atoms with E-state index >= 15 is 0 Å². The number of aryl methyl sites for hydroxylation is 2. The molecular weight excluding hydrogens is 643 g/mol. The van der Waals surface area contributed by atoms with Crippen LogP contribution in [-0.4, -0.2) is 88.6 Å². The molecule has 7 rings (SSSR count). The van der Waals surface area contributed by atoms with Gasteiger partial charge < -0.3 is 19.9 Å². The van der Waals surface area contributed by atoms with E-state index in [2.05, 4.69) is 10.3 Å². The van der Waals surface area contributed by atoms with Gasteiger partial charge in [-0.05, 0) is 56.9 Å². The Labute approximate surface area is 289 Å². The summed E-state index contributed by atoms with van der Waals surface area (Å²) in [4.78, 5) is 78.0. The molecule has 3 aromatic rings. The van der Waals surface area contributed by atoms with E-state index in [1.807, 2.05) is 32.0 Å². The lowest BCUT2D eigenvalue weighted by atomic mass is 9.77. The van der Waals surface area contributed by atoms with Crippen molar-refractivity contribution in [3.05, 3.63) is 80.3 Å². The summed E-state index contributed by atoms with van der Waals surface area (Å²) in [6.45, 7) is 5.04. The van der Waals surface area contributed by atoms with Crippen LogP contribution >= 0.6 is 11.3 Å². The van der Waals surface area contributed by atoms with Crippen molar-refractivity contribution < 1.29 is 28.7 Å². The number of aromatic nitrogens is 1. The van der Waals surface area contributed by atoms with Crippen molar-refractivity contribution in [3.8, 4) is 5.75 Å². The van der Waals surface area contributed by atoms with Crippen LogP contribution in [0.4, 0.5) is 0 Å². The molecule has 0 radical (unpaired) electrons. The Morgan fingerprint density at radius 2 is 1.65 bits per heavy atom. The van der Waals surface area contributed by atoms with Crippen molar-refractivity contribution in [1.29, 1.82) is 0 Å². The summed E-state index contributed by atoms with van der Waals surface area (Å²) in [5.41, 5.74) is 3.17. The maximum Gasteiger partial charge on any atom is 0.265 e. The number of amides is 5. The summed E-state index contributed by atoms with van der Waals surface area (Å²) in [6, 6.07) is 11.9. The number of nitrogens with zero attached hydrogens (tertiary/aromatic N) is 4. The second kappa shape index (κ2) is 13.4. The summed E-state index contributed by atoms with van der Waals surface area (Å²) >= 11 is 1.40. The molecule has 4 heterocycles. The molecule has 2 aromatic carbocycles. The van der Waals surface area contributed by atoms with Crippen LogP contribution in [0.25, 0.3) is 0 Å². The number of carbonyl (C=O) groups is 5. The van der Waals surface area contributed by atoms with Gasteiger partial charge in [0.2, 0.25) is 11.8 Å². The average Bonchev–Trinajstić information content (AvgIpc) is 3.79. The highest BCUT2D eigenvalue weighted by molar-refractivity contribution is 7.13. The van der Waals surface area contributed by atoms with Crippen molar-refractivity contribution >= 4 is 40.9 Å². The smallest absolute Gasteiger partial charge is 0.265 e. The molecule has 49 heavy (non-hydrogen) atoms. The lowest BCUT2D eigenvalue weighted by molar-refractivity contribution is -0.146. The van der Waals surface area contributed by atoms with E-state index < -0.39 is 29.7 Å². The van der Waals surface area contributed by atoms with Gasteiger partial charge in [-0.2, -0.15) is 0 Å². The Balaban J connectivity index is 1.21. The predicted octanol–water partition coefficient (Wildman–Crippen LogP) is 4.33. The Kier molecular flexibility index (Phi) is 8.99.